The highest BCUT2D eigenvalue weighted by Crippen LogP contribution is 2.50. The first-order chi connectivity index (χ1) is 21.3. The number of ether oxygens (including phenoxy) is 2. The van der Waals surface area contributed by atoms with Gasteiger partial charge < -0.3 is 24.6 Å². The molecule has 1 amide bonds. The lowest BCUT2D eigenvalue weighted by Crippen LogP contribution is -2.51. The summed E-state index contributed by atoms with van der Waals surface area (Å²) < 4.78 is 11.6. The monoisotopic (exact) mass is 594 g/mol. The number of ketones is 1. The van der Waals surface area contributed by atoms with Gasteiger partial charge >= 0.3 is 0 Å². The van der Waals surface area contributed by atoms with E-state index in [4.69, 9.17) is 9.47 Å². The van der Waals surface area contributed by atoms with E-state index in [1.807, 2.05) is 53.4 Å². The van der Waals surface area contributed by atoms with Crippen molar-refractivity contribution in [2.75, 3.05) is 57.2 Å². The molecule has 0 bridgehead atoms. The number of nitrogens with one attached hydrogen (secondary N) is 1. The number of rotatable bonds is 7. The second-order valence-electron chi connectivity index (χ2n) is 12.7. The van der Waals surface area contributed by atoms with Crippen LogP contribution >= 0.6 is 0 Å². The van der Waals surface area contributed by atoms with Crippen molar-refractivity contribution in [1.29, 1.82) is 0 Å². The fourth-order valence-electron chi connectivity index (χ4n) is 6.92. The summed E-state index contributed by atoms with van der Waals surface area (Å²) in [6, 6.07) is 23.7. The number of hydrogen-bond donors (Lipinski definition) is 1. The lowest BCUT2D eigenvalue weighted by Gasteiger charge is -2.40. The summed E-state index contributed by atoms with van der Waals surface area (Å²) in [6.45, 7) is 8.21. The van der Waals surface area contributed by atoms with Crippen molar-refractivity contribution in [1.82, 2.24) is 9.80 Å². The summed E-state index contributed by atoms with van der Waals surface area (Å²) >= 11 is 0. The van der Waals surface area contributed by atoms with Crippen LogP contribution in [0.25, 0.3) is 0 Å². The Balaban J connectivity index is 1.37. The number of piperazine rings is 1. The second kappa shape index (κ2) is 12.4. The molecule has 0 radical (unpaired) electrons. The van der Waals surface area contributed by atoms with Gasteiger partial charge in [0, 0.05) is 56.0 Å². The van der Waals surface area contributed by atoms with Gasteiger partial charge in [-0.05, 0) is 35.6 Å². The molecule has 3 aromatic rings. The van der Waals surface area contributed by atoms with Crippen molar-refractivity contribution in [2.45, 2.75) is 39.3 Å². The lowest BCUT2D eigenvalue weighted by molar-refractivity contribution is -0.131. The van der Waals surface area contributed by atoms with Crippen LogP contribution in [-0.4, -0.2) is 68.4 Å². The Morgan fingerprint density at radius 3 is 2.34 bits per heavy atom. The maximum Gasteiger partial charge on any atom is 0.242 e. The number of fused-ring (bicyclic) bond motifs is 1. The Morgan fingerprint density at radius 2 is 1.61 bits per heavy atom. The van der Waals surface area contributed by atoms with Crippen LogP contribution in [0.3, 0.4) is 0 Å². The SMILES string of the molecule is COc1cccc(C2C3=C(CC(C)(C)CC3=O)Nc3ccccc3N2CC(=O)N2CCN(Cc3ccccc3)CC2)c1OC. The molecule has 230 valence electrons. The topological polar surface area (TPSA) is 74.4 Å². The first-order valence-electron chi connectivity index (χ1n) is 15.4. The van der Waals surface area contributed by atoms with Crippen molar-refractivity contribution in [2.24, 2.45) is 5.41 Å². The summed E-state index contributed by atoms with van der Waals surface area (Å²) in [7, 11) is 3.24. The van der Waals surface area contributed by atoms with Crippen LogP contribution < -0.4 is 19.7 Å². The van der Waals surface area contributed by atoms with Gasteiger partial charge in [-0.2, -0.15) is 0 Å². The fourth-order valence-corrected chi connectivity index (χ4v) is 6.92. The Bertz CT molecular complexity index is 1560. The summed E-state index contributed by atoms with van der Waals surface area (Å²) in [4.78, 5) is 34.7. The number of benzene rings is 3. The number of para-hydroxylation sites is 3. The molecule has 2 heterocycles. The molecule has 3 aromatic carbocycles. The highest BCUT2D eigenvalue weighted by Gasteiger charge is 2.43. The number of hydrogen-bond acceptors (Lipinski definition) is 7. The Kier molecular flexibility index (Phi) is 8.36. The molecule has 1 saturated heterocycles. The summed E-state index contributed by atoms with van der Waals surface area (Å²) in [5, 5.41) is 3.64. The zero-order valence-electron chi connectivity index (χ0n) is 26.1. The third-order valence-corrected chi connectivity index (χ3v) is 9.01. The van der Waals surface area contributed by atoms with E-state index in [1.54, 1.807) is 14.2 Å². The molecule has 44 heavy (non-hydrogen) atoms. The van der Waals surface area contributed by atoms with Gasteiger partial charge in [0.2, 0.25) is 5.91 Å². The van der Waals surface area contributed by atoms with Gasteiger partial charge in [0.1, 0.15) is 0 Å². The second-order valence-corrected chi connectivity index (χ2v) is 12.7. The van der Waals surface area contributed by atoms with Gasteiger partial charge in [-0.25, -0.2) is 0 Å². The molecule has 0 saturated carbocycles. The quantitative estimate of drug-likeness (QED) is 0.378. The van der Waals surface area contributed by atoms with Crippen molar-refractivity contribution in [3.63, 3.8) is 0 Å². The fraction of sp³-hybridized carbons (Fsp3) is 0.389. The number of allylic oxidation sites excluding steroid dienone is 1. The van der Waals surface area contributed by atoms with Crippen LogP contribution in [0.4, 0.5) is 11.4 Å². The van der Waals surface area contributed by atoms with E-state index in [9.17, 15) is 9.59 Å². The van der Waals surface area contributed by atoms with Crippen LogP contribution in [0.5, 0.6) is 11.5 Å². The number of carbonyl (C=O) groups is 2. The highest BCUT2D eigenvalue weighted by atomic mass is 16.5. The van der Waals surface area contributed by atoms with E-state index < -0.39 is 6.04 Å². The van der Waals surface area contributed by atoms with Crippen LogP contribution in [0, 0.1) is 5.41 Å². The van der Waals surface area contributed by atoms with Gasteiger partial charge in [-0.15, -0.1) is 0 Å². The largest absolute Gasteiger partial charge is 0.493 e. The van der Waals surface area contributed by atoms with Gasteiger partial charge in [0.25, 0.3) is 0 Å². The number of anilines is 2. The minimum Gasteiger partial charge on any atom is -0.493 e. The Labute approximate surface area is 260 Å². The molecule has 1 atom stereocenters. The molecule has 6 rings (SSSR count). The van der Waals surface area contributed by atoms with Gasteiger partial charge in [-0.3, -0.25) is 14.5 Å². The van der Waals surface area contributed by atoms with Crippen LogP contribution in [0.2, 0.25) is 0 Å². The molecule has 1 N–H and O–H groups in total. The predicted octanol–water partition coefficient (Wildman–Crippen LogP) is 5.66. The predicted molar refractivity (Wildman–Crippen MR) is 173 cm³/mol. The minimum absolute atomic E-state index is 0.0404. The van der Waals surface area contributed by atoms with Crippen LogP contribution in [0.15, 0.2) is 84.1 Å². The normalized spacial score (nSPS) is 19.9. The molecular weight excluding hydrogens is 552 g/mol. The van der Waals surface area contributed by atoms with Crippen LogP contribution in [-0.2, 0) is 16.1 Å². The number of amides is 1. The first kappa shape index (κ1) is 29.8. The highest BCUT2D eigenvalue weighted by molar-refractivity contribution is 6.02. The van der Waals surface area contributed by atoms with Crippen molar-refractivity contribution >= 4 is 23.1 Å². The van der Waals surface area contributed by atoms with Crippen molar-refractivity contribution in [3.05, 3.63) is 95.2 Å². The average Bonchev–Trinajstić information content (AvgIpc) is 3.15. The lowest BCUT2D eigenvalue weighted by atomic mass is 9.73. The molecule has 3 aliphatic rings. The van der Waals surface area contributed by atoms with E-state index in [0.717, 1.165) is 48.7 Å². The Morgan fingerprint density at radius 1 is 0.886 bits per heavy atom. The third kappa shape index (κ3) is 5.91. The molecule has 2 aliphatic heterocycles. The maximum absolute atomic E-state index is 14.1. The van der Waals surface area contributed by atoms with E-state index in [-0.39, 0.29) is 23.7 Å². The van der Waals surface area contributed by atoms with E-state index in [0.29, 0.717) is 36.6 Å². The van der Waals surface area contributed by atoms with E-state index in [1.165, 1.54) is 5.56 Å². The molecule has 0 aromatic heterocycles. The van der Waals surface area contributed by atoms with Gasteiger partial charge in [0.05, 0.1) is 38.2 Å². The zero-order chi connectivity index (χ0) is 30.8. The first-order valence-corrected chi connectivity index (χ1v) is 15.4. The number of Topliss-reactive ketones (excluding diaryl/α,β-unsaturated/α-hetero) is 1. The molecular formula is C36H42N4O4. The number of carbonyl (C=O) groups excluding carboxylic acids is 2. The molecule has 8 heteroatoms. The maximum atomic E-state index is 14.1. The summed E-state index contributed by atoms with van der Waals surface area (Å²) in [5.74, 6) is 1.27. The van der Waals surface area contributed by atoms with Crippen molar-refractivity contribution < 1.29 is 19.1 Å². The summed E-state index contributed by atoms with van der Waals surface area (Å²) in [5.41, 5.74) is 5.23. The third-order valence-electron chi connectivity index (χ3n) is 9.01. The molecule has 1 unspecified atom stereocenters. The van der Waals surface area contributed by atoms with Crippen LogP contribution in [0.1, 0.15) is 43.9 Å². The molecule has 1 fully saturated rings. The minimum atomic E-state index is -0.543. The standard InChI is InChI=1S/C36H42N4O4/c1-36(2)21-28-33(30(41)22-36)34(26-13-10-16-31(43-3)35(26)44-4)40(29-15-9-8-14-27(29)37-28)24-32(42)39-19-17-38(18-20-39)23-25-11-6-5-7-12-25/h5-16,34,37H,17-24H2,1-4H3. The van der Waals surface area contributed by atoms with Crippen molar-refractivity contribution in [3.8, 4) is 11.5 Å². The number of methoxy groups -OCH3 is 2. The van der Waals surface area contributed by atoms with E-state index >= 15 is 0 Å². The smallest absolute Gasteiger partial charge is 0.242 e. The summed E-state index contributed by atoms with van der Waals surface area (Å²) in [6.07, 6.45) is 1.15. The molecule has 1 aliphatic carbocycles. The van der Waals surface area contributed by atoms with E-state index in [2.05, 4.69) is 53.2 Å². The average molecular weight is 595 g/mol. The van der Waals surface area contributed by atoms with Gasteiger partial charge in [-0.1, -0.05) is 68.4 Å². The number of nitrogens with zero attached hydrogens (tertiary/aromatic N) is 3. The Hall–Kier alpha value is -4.30. The van der Waals surface area contributed by atoms with Gasteiger partial charge in [0.15, 0.2) is 17.3 Å². The molecule has 0 spiro atoms. The molecule has 8 nitrogen and oxygen atoms in total. The zero-order valence-corrected chi connectivity index (χ0v) is 26.1.